The Labute approximate surface area is 158 Å². The first-order chi connectivity index (χ1) is 12.8. The summed E-state index contributed by atoms with van der Waals surface area (Å²) < 4.78 is 41.9. The number of rotatable bonds is 5. The second-order valence-corrected chi connectivity index (χ2v) is 8.58. The van der Waals surface area contributed by atoms with Gasteiger partial charge in [0, 0.05) is 31.5 Å². The van der Waals surface area contributed by atoms with Crippen LogP contribution in [0.1, 0.15) is 25.3 Å². The molecule has 0 unspecified atom stereocenters. The quantitative estimate of drug-likeness (QED) is 0.844. The minimum absolute atomic E-state index is 0.000197. The SMILES string of the molecule is CCn1cnc(S(=O)(=O)N2CCC[C@H](C(=O)Nc3ccc(F)cc3C)C2)c1. The number of hydrogen-bond acceptors (Lipinski definition) is 4. The highest BCUT2D eigenvalue weighted by Gasteiger charge is 2.34. The molecule has 1 aromatic carbocycles. The van der Waals surface area contributed by atoms with Gasteiger partial charge in [0.2, 0.25) is 5.91 Å². The fourth-order valence-corrected chi connectivity index (χ4v) is 4.61. The molecular formula is C18H23FN4O3S. The molecule has 27 heavy (non-hydrogen) atoms. The third-order valence-electron chi connectivity index (χ3n) is 4.78. The lowest BCUT2D eigenvalue weighted by atomic mass is 9.98. The summed E-state index contributed by atoms with van der Waals surface area (Å²) in [5.74, 6) is -1.10. The first-order valence-corrected chi connectivity index (χ1v) is 10.3. The summed E-state index contributed by atoms with van der Waals surface area (Å²) in [7, 11) is -3.73. The molecule has 1 N–H and O–H groups in total. The van der Waals surface area contributed by atoms with Gasteiger partial charge in [0.1, 0.15) is 5.82 Å². The van der Waals surface area contributed by atoms with Crippen LogP contribution in [0.15, 0.2) is 35.7 Å². The fraction of sp³-hybridized carbons (Fsp3) is 0.444. The second-order valence-electron chi connectivity index (χ2n) is 6.69. The average molecular weight is 394 g/mol. The number of piperidine rings is 1. The summed E-state index contributed by atoms with van der Waals surface area (Å²) in [6.07, 6.45) is 4.18. The lowest BCUT2D eigenvalue weighted by Crippen LogP contribution is -2.43. The van der Waals surface area contributed by atoms with Gasteiger partial charge in [0.05, 0.1) is 12.2 Å². The van der Waals surface area contributed by atoms with E-state index in [9.17, 15) is 17.6 Å². The molecule has 1 aliphatic rings. The van der Waals surface area contributed by atoms with E-state index in [1.807, 2.05) is 6.92 Å². The van der Waals surface area contributed by atoms with Crippen LogP contribution in [-0.2, 0) is 21.4 Å². The van der Waals surface area contributed by atoms with Gasteiger partial charge in [-0.15, -0.1) is 0 Å². The maximum Gasteiger partial charge on any atom is 0.262 e. The lowest BCUT2D eigenvalue weighted by Gasteiger charge is -2.30. The molecule has 2 heterocycles. The van der Waals surface area contributed by atoms with Gasteiger partial charge in [-0.1, -0.05) is 0 Å². The smallest absolute Gasteiger partial charge is 0.262 e. The number of aromatic nitrogens is 2. The molecule has 0 radical (unpaired) electrons. The van der Waals surface area contributed by atoms with Crippen molar-refractivity contribution in [1.82, 2.24) is 13.9 Å². The topological polar surface area (TPSA) is 84.3 Å². The third-order valence-corrected chi connectivity index (χ3v) is 6.53. The Morgan fingerprint density at radius 1 is 1.41 bits per heavy atom. The maximum atomic E-state index is 13.2. The van der Waals surface area contributed by atoms with E-state index in [0.717, 1.165) is 0 Å². The molecule has 1 saturated heterocycles. The van der Waals surface area contributed by atoms with Gasteiger partial charge in [0.15, 0.2) is 5.03 Å². The van der Waals surface area contributed by atoms with E-state index in [1.54, 1.807) is 11.5 Å². The van der Waals surface area contributed by atoms with Crippen molar-refractivity contribution in [3.8, 4) is 0 Å². The van der Waals surface area contributed by atoms with Crippen molar-refractivity contribution < 1.29 is 17.6 Å². The predicted octanol–water partition coefficient (Wildman–Crippen LogP) is 2.39. The number of imidazole rings is 1. The van der Waals surface area contributed by atoms with Gasteiger partial charge in [-0.05, 0) is 50.5 Å². The van der Waals surface area contributed by atoms with Crippen LogP contribution in [0.25, 0.3) is 0 Å². The summed E-state index contributed by atoms with van der Waals surface area (Å²) in [4.78, 5) is 16.6. The fourth-order valence-electron chi connectivity index (χ4n) is 3.15. The van der Waals surface area contributed by atoms with Crippen LogP contribution in [-0.4, -0.2) is 41.3 Å². The van der Waals surface area contributed by atoms with Gasteiger partial charge in [-0.2, -0.15) is 4.31 Å². The molecule has 0 saturated carbocycles. The van der Waals surface area contributed by atoms with Crippen molar-refractivity contribution in [2.75, 3.05) is 18.4 Å². The van der Waals surface area contributed by atoms with E-state index in [2.05, 4.69) is 10.3 Å². The summed E-state index contributed by atoms with van der Waals surface area (Å²) in [5, 5.41) is 2.79. The first kappa shape index (κ1) is 19.5. The summed E-state index contributed by atoms with van der Waals surface area (Å²) in [6, 6.07) is 4.14. The molecular weight excluding hydrogens is 371 g/mol. The normalized spacial score (nSPS) is 18.4. The van der Waals surface area contributed by atoms with E-state index < -0.39 is 15.9 Å². The van der Waals surface area contributed by atoms with Gasteiger partial charge in [0.25, 0.3) is 10.0 Å². The molecule has 1 atom stereocenters. The van der Waals surface area contributed by atoms with Crippen LogP contribution in [0.5, 0.6) is 0 Å². The van der Waals surface area contributed by atoms with Crippen LogP contribution >= 0.6 is 0 Å². The van der Waals surface area contributed by atoms with Crippen LogP contribution in [0.3, 0.4) is 0 Å². The molecule has 1 aliphatic heterocycles. The van der Waals surface area contributed by atoms with Gasteiger partial charge < -0.3 is 9.88 Å². The summed E-state index contributed by atoms with van der Waals surface area (Å²) >= 11 is 0. The van der Waals surface area contributed by atoms with Crippen molar-refractivity contribution in [2.45, 2.75) is 38.3 Å². The zero-order valence-electron chi connectivity index (χ0n) is 15.4. The number of nitrogens with one attached hydrogen (secondary N) is 1. The van der Waals surface area contributed by atoms with Crippen molar-refractivity contribution in [3.05, 3.63) is 42.1 Å². The minimum atomic E-state index is -3.73. The monoisotopic (exact) mass is 394 g/mol. The van der Waals surface area contributed by atoms with E-state index in [0.29, 0.717) is 37.2 Å². The van der Waals surface area contributed by atoms with Gasteiger partial charge >= 0.3 is 0 Å². The molecule has 0 aliphatic carbocycles. The number of carbonyl (C=O) groups excluding carboxylic acids is 1. The van der Waals surface area contributed by atoms with E-state index in [-0.39, 0.29) is 23.3 Å². The Morgan fingerprint density at radius 2 is 2.19 bits per heavy atom. The van der Waals surface area contributed by atoms with Crippen molar-refractivity contribution >= 4 is 21.6 Å². The average Bonchev–Trinajstić information content (AvgIpc) is 3.14. The number of benzene rings is 1. The van der Waals surface area contributed by atoms with Crippen molar-refractivity contribution in [3.63, 3.8) is 0 Å². The Balaban J connectivity index is 1.72. The van der Waals surface area contributed by atoms with E-state index >= 15 is 0 Å². The molecule has 146 valence electrons. The highest BCUT2D eigenvalue weighted by atomic mass is 32.2. The highest BCUT2D eigenvalue weighted by Crippen LogP contribution is 2.25. The Morgan fingerprint density at radius 3 is 2.85 bits per heavy atom. The lowest BCUT2D eigenvalue weighted by molar-refractivity contribution is -0.120. The molecule has 7 nitrogen and oxygen atoms in total. The molecule has 1 aromatic heterocycles. The Kier molecular flexibility index (Phi) is 5.61. The van der Waals surface area contributed by atoms with Crippen LogP contribution in [0.4, 0.5) is 10.1 Å². The number of aryl methyl sites for hydroxylation is 2. The predicted molar refractivity (Wildman–Crippen MR) is 99.2 cm³/mol. The number of hydrogen-bond donors (Lipinski definition) is 1. The summed E-state index contributed by atoms with van der Waals surface area (Å²) in [5.41, 5.74) is 1.15. The Bertz CT molecular complexity index is 942. The van der Waals surface area contributed by atoms with Gasteiger partial charge in [-0.3, -0.25) is 4.79 Å². The maximum absolute atomic E-state index is 13.2. The molecule has 0 spiro atoms. The third kappa shape index (κ3) is 4.19. The molecule has 9 heteroatoms. The zero-order valence-corrected chi connectivity index (χ0v) is 16.2. The number of nitrogens with zero attached hydrogens (tertiary/aromatic N) is 3. The van der Waals surface area contributed by atoms with Crippen molar-refractivity contribution in [2.24, 2.45) is 5.92 Å². The Hall–Kier alpha value is -2.26. The van der Waals surface area contributed by atoms with Crippen molar-refractivity contribution in [1.29, 1.82) is 0 Å². The minimum Gasteiger partial charge on any atom is -0.336 e. The first-order valence-electron chi connectivity index (χ1n) is 8.90. The molecule has 1 amide bonds. The zero-order chi connectivity index (χ0) is 19.6. The second kappa shape index (κ2) is 7.77. The van der Waals surface area contributed by atoms with E-state index in [4.69, 9.17) is 0 Å². The number of anilines is 1. The standard InChI is InChI=1S/C18H23FN4O3S/c1-3-22-11-17(20-12-22)27(25,26)23-8-4-5-14(10-23)18(24)21-16-7-6-15(19)9-13(16)2/h6-7,9,11-12,14H,3-5,8,10H2,1-2H3,(H,21,24)/t14-/m0/s1. The number of halogens is 1. The molecule has 3 rings (SSSR count). The summed E-state index contributed by atoms with van der Waals surface area (Å²) in [6.45, 7) is 4.70. The highest BCUT2D eigenvalue weighted by molar-refractivity contribution is 7.89. The van der Waals surface area contributed by atoms with Crippen LogP contribution < -0.4 is 5.32 Å². The number of amides is 1. The van der Waals surface area contributed by atoms with Gasteiger partial charge in [-0.25, -0.2) is 17.8 Å². The van der Waals surface area contributed by atoms with E-state index in [1.165, 1.54) is 35.0 Å². The largest absolute Gasteiger partial charge is 0.336 e. The molecule has 2 aromatic rings. The number of sulfonamides is 1. The molecule has 1 fully saturated rings. The molecule has 0 bridgehead atoms. The number of carbonyl (C=O) groups is 1. The van der Waals surface area contributed by atoms with Crippen LogP contribution in [0, 0.1) is 18.7 Å². The van der Waals surface area contributed by atoms with Crippen LogP contribution in [0.2, 0.25) is 0 Å².